The lowest BCUT2D eigenvalue weighted by molar-refractivity contribution is 0.0420. The van der Waals surface area contributed by atoms with Crippen LogP contribution in [0.2, 0.25) is 0 Å². The van der Waals surface area contributed by atoms with Gasteiger partial charge in [0, 0.05) is 44.4 Å². The predicted octanol–water partition coefficient (Wildman–Crippen LogP) is 2.13. The molecule has 6 nitrogen and oxygen atoms in total. The van der Waals surface area contributed by atoms with Gasteiger partial charge in [0.2, 0.25) is 0 Å². The van der Waals surface area contributed by atoms with Crippen molar-refractivity contribution in [3.05, 3.63) is 16.1 Å². The molecule has 0 aromatic carbocycles. The summed E-state index contributed by atoms with van der Waals surface area (Å²) in [5.41, 5.74) is 1.13. The molecule has 2 N–H and O–H groups in total. The molecule has 2 rings (SSSR count). The Morgan fingerprint density at radius 2 is 2.21 bits per heavy atom. The quantitative estimate of drug-likeness (QED) is 0.383. The van der Waals surface area contributed by atoms with E-state index in [4.69, 9.17) is 9.47 Å². The molecule has 0 radical (unpaired) electrons. The maximum Gasteiger partial charge on any atom is 0.190 e. The van der Waals surface area contributed by atoms with Crippen LogP contribution in [0.4, 0.5) is 0 Å². The average Bonchev–Trinajstić information content (AvgIpc) is 3.24. The first-order valence-electron chi connectivity index (χ1n) is 8.83. The number of hydrogen-bond acceptors (Lipinski definition) is 5. The van der Waals surface area contributed by atoms with Gasteiger partial charge in [-0.2, -0.15) is 0 Å². The molecule has 24 heavy (non-hydrogen) atoms. The summed E-state index contributed by atoms with van der Waals surface area (Å²) in [4.78, 5) is 8.73. The summed E-state index contributed by atoms with van der Waals surface area (Å²) in [7, 11) is 1.81. The fourth-order valence-corrected chi connectivity index (χ4v) is 3.34. The topological polar surface area (TPSA) is 67.8 Å². The Labute approximate surface area is 149 Å². The zero-order valence-electron chi connectivity index (χ0n) is 14.8. The Hall–Kier alpha value is -1.18. The summed E-state index contributed by atoms with van der Waals surface area (Å²) in [6, 6.07) is 0. The fourth-order valence-electron chi connectivity index (χ4n) is 2.52. The molecule has 1 unspecified atom stereocenters. The van der Waals surface area contributed by atoms with Crippen LogP contribution in [0.3, 0.4) is 0 Å². The first-order valence-corrected chi connectivity index (χ1v) is 9.71. The van der Waals surface area contributed by atoms with Crippen molar-refractivity contribution in [2.75, 3.05) is 40.0 Å². The SMILES string of the molecule is CN=C(NCCCCc1nc(C)cs1)NCCCOC1CCOC1. The third-order valence-corrected chi connectivity index (χ3v) is 4.88. The number of aromatic nitrogens is 1. The summed E-state index contributed by atoms with van der Waals surface area (Å²) < 4.78 is 11.0. The van der Waals surface area contributed by atoms with Crippen molar-refractivity contribution in [3.63, 3.8) is 0 Å². The predicted molar refractivity (Wildman–Crippen MR) is 98.9 cm³/mol. The zero-order chi connectivity index (χ0) is 17.0. The number of hydrogen-bond donors (Lipinski definition) is 2. The van der Waals surface area contributed by atoms with Crippen LogP contribution in [0.1, 0.15) is 36.4 Å². The first kappa shape index (κ1) is 19.1. The highest BCUT2D eigenvalue weighted by Gasteiger charge is 2.15. The van der Waals surface area contributed by atoms with Crippen LogP contribution in [0.5, 0.6) is 0 Å². The van der Waals surface area contributed by atoms with Gasteiger partial charge in [-0.1, -0.05) is 0 Å². The van der Waals surface area contributed by atoms with Crippen LogP contribution in [0, 0.1) is 6.92 Å². The van der Waals surface area contributed by atoms with Crippen molar-refractivity contribution in [3.8, 4) is 0 Å². The molecule has 1 aromatic heterocycles. The van der Waals surface area contributed by atoms with Gasteiger partial charge in [-0.25, -0.2) is 4.98 Å². The molecule has 0 amide bonds. The van der Waals surface area contributed by atoms with Gasteiger partial charge in [0.05, 0.1) is 17.7 Å². The standard InChI is InChI=1S/C17H30N4O2S/c1-14-13-24-16(21-14)6-3-4-8-19-17(18-2)20-9-5-10-23-15-7-11-22-12-15/h13,15H,3-12H2,1-2H3,(H2,18,19,20). The minimum absolute atomic E-state index is 0.295. The smallest absolute Gasteiger partial charge is 0.190 e. The van der Waals surface area contributed by atoms with Crippen LogP contribution in [-0.2, 0) is 15.9 Å². The summed E-state index contributed by atoms with van der Waals surface area (Å²) >= 11 is 1.76. The van der Waals surface area contributed by atoms with Gasteiger partial charge in [0.15, 0.2) is 5.96 Å². The van der Waals surface area contributed by atoms with E-state index < -0.39 is 0 Å². The molecule has 1 aliphatic rings. The van der Waals surface area contributed by atoms with E-state index >= 15 is 0 Å². The third-order valence-electron chi connectivity index (χ3n) is 3.86. The van der Waals surface area contributed by atoms with Gasteiger partial charge < -0.3 is 20.1 Å². The number of thiazole rings is 1. The lowest BCUT2D eigenvalue weighted by atomic mass is 10.2. The van der Waals surface area contributed by atoms with E-state index in [9.17, 15) is 0 Å². The van der Waals surface area contributed by atoms with Gasteiger partial charge in [-0.3, -0.25) is 4.99 Å². The number of nitrogens with zero attached hydrogens (tertiary/aromatic N) is 2. The molecule has 0 bridgehead atoms. The minimum atomic E-state index is 0.295. The van der Waals surface area contributed by atoms with Crippen LogP contribution in [0.15, 0.2) is 10.4 Å². The summed E-state index contributed by atoms with van der Waals surface area (Å²) in [6.07, 6.45) is 5.62. The maximum absolute atomic E-state index is 5.75. The van der Waals surface area contributed by atoms with E-state index in [1.165, 1.54) is 5.01 Å². The van der Waals surface area contributed by atoms with Crippen molar-refractivity contribution in [2.45, 2.75) is 45.1 Å². The molecule has 1 saturated heterocycles. The molecule has 1 atom stereocenters. The van der Waals surface area contributed by atoms with Crippen molar-refractivity contribution >= 4 is 17.3 Å². The normalized spacial score (nSPS) is 18.1. The Bertz CT molecular complexity index is 487. The number of aliphatic imine (C=N–C) groups is 1. The number of ether oxygens (including phenoxy) is 2. The second kappa shape index (κ2) is 11.4. The van der Waals surface area contributed by atoms with Crippen molar-refractivity contribution in [1.29, 1.82) is 0 Å². The third kappa shape index (κ3) is 7.59. The Morgan fingerprint density at radius 1 is 1.38 bits per heavy atom. The van der Waals surface area contributed by atoms with Crippen molar-refractivity contribution < 1.29 is 9.47 Å². The summed E-state index contributed by atoms with van der Waals surface area (Å²) in [5, 5.41) is 10.0. The molecule has 1 aromatic rings. The molecular formula is C17H30N4O2S. The fraction of sp³-hybridized carbons (Fsp3) is 0.765. The zero-order valence-corrected chi connectivity index (χ0v) is 15.7. The molecule has 1 fully saturated rings. The number of rotatable bonds is 10. The first-order chi connectivity index (χ1) is 11.8. The summed E-state index contributed by atoms with van der Waals surface area (Å²) in [5.74, 6) is 0.865. The van der Waals surface area contributed by atoms with Gasteiger partial charge >= 0.3 is 0 Å². The number of nitrogens with one attached hydrogen (secondary N) is 2. The van der Waals surface area contributed by atoms with Crippen LogP contribution in [0.25, 0.3) is 0 Å². The van der Waals surface area contributed by atoms with Crippen LogP contribution >= 0.6 is 11.3 Å². The van der Waals surface area contributed by atoms with Gasteiger partial charge in [-0.15, -0.1) is 11.3 Å². The Morgan fingerprint density at radius 3 is 2.88 bits per heavy atom. The van der Waals surface area contributed by atoms with Crippen molar-refractivity contribution in [1.82, 2.24) is 15.6 Å². The Kier molecular flexibility index (Phi) is 9.09. The number of guanidine groups is 1. The van der Waals surface area contributed by atoms with Crippen molar-refractivity contribution in [2.24, 2.45) is 4.99 Å². The lowest BCUT2D eigenvalue weighted by Crippen LogP contribution is -2.38. The molecule has 7 heteroatoms. The largest absolute Gasteiger partial charge is 0.379 e. The van der Waals surface area contributed by atoms with E-state index in [2.05, 4.69) is 26.0 Å². The van der Waals surface area contributed by atoms with E-state index in [1.54, 1.807) is 18.4 Å². The molecule has 2 heterocycles. The molecular weight excluding hydrogens is 324 g/mol. The number of unbranched alkanes of at least 4 members (excludes halogenated alkanes) is 1. The molecule has 1 aliphatic heterocycles. The highest BCUT2D eigenvalue weighted by atomic mass is 32.1. The van der Waals surface area contributed by atoms with Crippen LogP contribution in [-0.4, -0.2) is 57.0 Å². The monoisotopic (exact) mass is 354 g/mol. The molecule has 136 valence electrons. The summed E-state index contributed by atoms with van der Waals surface area (Å²) in [6.45, 7) is 6.19. The molecule has 0 spiro atoms. The second-order valence-electron chi connectivity index (χ2n) is 5.98. The molecule has 0 aliphatic carbocycles. The highest BCUT2D eigenvalue weighted by Crippen LogP contribution is 2.11. The van der Waals surface area contributed by atoms with E-state index in [0.29, 0.717) is 6.10 Å². The number of aryl methyl sites for hydroxylation is 2. The lowest BCUT2D eigenvalue weighted by Gasteiger charge is -2.13. The van der Waals surface area contributed by atoms with E-state index in [1.807, 2.05) is 6.92 Å². The van der Waals surface area contributed by atoms with Gasteiger partial charge in [-0.05, 0) is 39.0 Å². The maximum atomic E-state index is 5.75. The average molecular weight is 355 g/mol. The second-order valence-corrected chi connectivity index (χ2v) is 6.92. The van der Waals surface area contributed by atoms with Gasteiger partial charge in [0.1, 0.15) is 0 Å². The highest BCUT2D eigenvalue weighted by molar-refractivity contribution is 7.09. The minimum Gasteiger partial charge on any atom is -0.379 e. The van der Waals surface area contributed by atoms with E-state index in [-0.39, 0.29) is 0 Å². The Balaban J connectivity index is 1.44. The van der Waals surface area contributed by atoms with Gasteiger partial charge in [0.25, 0.3) is 0 Å². The van der Waals surface area contributed by atoms with E-state index in [0.717, 1.165) is 76.7 Å². The molecule has 0 saturated carbocycles. The van der Waals surface area contributed by atoms with Crippen LogP contribution < -0.4 is 10.6 Å².